The van der Waals surface area contributed by atoms with Crippen molar-refractivity contribution in [1.29, 1.82) is 0 Å². The van der Waals surface area contributed by atoms with Gasteiger partial charge in [-0.25, -0.2) is 4.79 Å². The van der Waals surface area contributed by atoms with Crippen LogP contribution in [0.15, 0.2) is 35.8 Å². The lowest BCUT2D eigenvalue weighted by molar-refractivity contribution is -0.145. The van der Waals surface area contributed by atoms with Gasteiger partial charge in [-0.1, -0.05) is 12.2 Å². The Morgan fingerprint density at radius 1 is 1.50 bits per heavy atom. The molecule has 1 saturated heterocycles. The van der Waals surface area contributed by atoms with E-state index >= 15 is 0 Å². The lowest BCUT2D eigenvalue weighted by Gasteiger charge is -2.24. The lowest BCUT2D eigenvalue weighted by atomic mass is 10.2. The Balaban J connectivity index is 2.20. The summed E-state index contributed by atoms with van der Waals surface area (Å²) in [4.78, 5) is 13.2. The van der Waals surface area contributed by atoms with Crippen molar-refractivity contribution in [2.24, 2.45) is 0 Å². The van der Waals surface area contributed by atoms with E-state index in [-0.39, 0.29) is 17.9 Å². The first kappa shape index (κ1) is 10.8. The summed E-state index contributed by atoms with van der Waals surface area (Å²) in [6.07, 6.45) is 8.98. The number of rotatable bonds is 2. The topological polar surface area (TPSA) is 49.8 Å². The van der Waals surface area contributed by atoms with E-state index in [1.807, 2.05) is 24.3 Å². The second-order valence-corrected chi connectivity index (χ2v) is 3.87. The highest BCUT2D eigenvalue weighted by Gasteiger charge is 2.33. The average Bonchev–Trinajstić information content (AvgIpc) is 2.97. The predicted molar refractivity (Wildman–Crippen MR) is 59.7 cm³/mol. The van der Waals surface area contributed by atoms with E-state index in [9.17, 15) is 9.90 Å². The molecular formula is C12H15NO3. The molecule has 1 aliphatic carbocycles. The van der Waals surface area contributed by atoms with E-state index in [2.05, 4.69) is 0 Å². The van der Waals surface area contributed by atoms with Crippen LogP contribution in [0.1, 0.15) is 12.8 Å². The highest BCUT2D eigenvalue weighted by atomic mass is 16.5. The zero-order valence-corrected chi connectivity index (χ0v) is 9.22. The van der Waals surface area contributed by atoms with Crippen LogP contribution >= 0.6 is 0 Å². The van der Waals surface area contributed by atoms with Crippen LogP contribution in [0.2, 0.25) is 0 Å². The van der Waals surface area contributed by atoms with Crippen LogP contribution in [-0.4, -0.2) is 35.7 Å². The van der Waals surface area contributed by atoms with Crippen LogP contribution in [0.3, 0.4) is 0 Å². The molecule has 1 N–H and O–H groups in total. The fraction of sp³-hybridized carbons (Fsp3) is 0.417. The van der Waals surface area contributed by atoms with Crippen molar-refractivity contribution in [1.82, 2.24) is 4.90 Å². The molecule has 2 aliphatic rings. The number of esters is 1. The normalized spacial score (nSPS) is 22.9. The lowest BCUT2D eigenvalue weighted by Crippen LogP contribution is -2.36. The van der Waals surface area contributed by atoms with E-state index in [0.29, 0.717) is 6.54 Å². The molecule has 1 aliphatic heterocycles. The Kier molecular flexibility index (Phi) is 2.99. The highest BCUT2D eigenvalue weighted by Crippen LogP contribution is 2.25. The van der Waals surface area contributed by atoms with Crippen molar-refractivity contribution in [2.45, 2.75) is 18.9 Å². The third-order valence-electron chi connectivity index (χ3n) is 2.92. The van der Waals surface area contributed by atoms with Crippen molar-refractivity contribution < 1.29 is 14.6 Å². The Morgan fingerprint density at radius 3 is 2.81 bits per heavy atom. The molecule has 0 aromatic heterocycles. The largest absolute Gasteiger partial charge is 0.494 e. The third-order valence-corrected chi connectivity index (χ3v) is 2.92. The molecule has 2 rings (SSSR count). The molecule has 0 saturated carbocycles. The van der Waals surface area contributed by atoms with Gasteiger partial charge < -0.3 is 14.7 Å². The fourth-order valence-electron chi connectivity index (χ4n) is 2.09. The zero-order valence-electron chi connectivity index (χ0n) is 9.22. The van der Waals surface area contributed by atoms with Crippen molar-refractivity contribution in [3.8, 4) is 0 Å². The fourth-order valence-corrected chi connectivity index (χ4v) is 2.09. The summed E-state index contributed by atoms with van der Waals surface area (Å²) in [6.45, 7) is 0.691. The van der Waals surface area contributed by atoms with Gasteiger partial charge in [0.15, 0.2) is 5.88 Å². The van der Waals surface area contributed by atoms with E-state index in [4.69, 9.17) is 4.74 Å². The molecule has 1 fully saturated rings. The molecular weight excluding hydrogens is 206 g/mol. The number of nitrogens with zero attached hydrogens (tertiary/aromatic N) is 1. The predicted octanol–water partition coefficient (Wildman–Crippen LogP) is 1.52. The summed E-state index contributed by atoms with van der Waals surface area (Å²) in [5.74, 6) is -0.117. The maximum atomic E-state index is 11.5. The molecule has 0 radical (unpaired) electrons. The summed E-state index contributed by atoms with van der Waals surface area (Å²) in [5, 5.41) is 10.1. The number of aliphatic hydroxyl groups is 1. The summed E-state index contributed by atoms with van der Waals surface area (Å²) < 4.78 is 4.73. The summed E-state index contributed by atoms with van der Waals surface area (Å²) >= 11 is 0. The van der Waals surface area contributed by atoms with Gasteiger partial charge in [0.25, 0.3) is 0 Å². The standard InChI is InChI=1S/C12H15NO3/c1-16-12(15)10-7-4-8-13(10)11(14)9-5-2-3-6-9/h2-3,5-6,10,14H,4,7-8H2,1H3. The number of methoxy groups -OCH3 is 1. The zero-order chi connectivity index (χ0) is 11.5. The Hall–Kier alpha value is -1.71. The van der Waals surface area contributed by atoms with E-state index in [1.54, 1.807) is 4.90 Å². The molecule has 4 nitrogen and oxygen atoms in total. The monoisotopic (exact) mass is 221 g/mol. The molecule has 4 heteroatoms. The van der Waals surface area contributed by atoms with Gasteiger partial charge in [0.05, 0.1) is 7.11 Å². The Morgan fingerprint density at radius 2 is 2.19 bits per heavy atom. The molecule has 0 aromatic carbocycles. The van der Waals surface area contributed by atoms with Gasteiger partial charge in [-0.15, -0.1) is 0 Å². The van der Waals surface area contributed by atoms with Gasteiger partial charge in [0.2, 0.25) is 0 Å². The minimum atomic E-state index is -0.347. The van der Waals surface area contributed by atoms with E-state index in [1.165, 1.54) is 7.11 Å². The maximum absolute atomic E-state index is 11.5. The van der Waals surface area contributed by atoms with Crippen LogP contribution in [-0.2, 0) is 9.53 Å². The number of carbonyl (C=O) groups is 1. The van der Waals surface area contributed by atoms with Gasteiger partial charge in [0, 0.05) is 12.1 Å². The van der Waals surface area contributed by atoms with E-state index < -0.39 is 0 Å². The number of likely N-dealkylation sites (tertiary alicyclic amines) is 1. The smallest absolute Gasteiger partial charge is 0.328 e. The first-order valence-electron chi connectivity index (χ1n) is 5.36. The highest BCUT2D eigenvalue weighted by molar-refractivity contribution is 5.76. The summed E-state index contributed by atoms with van der Waals surface area (Å²) in [7, 11) is 1.37. The molecule has 0 aromatic rings. The summed E-state index contributed by atoms with van der Waals surface area (Å²) in [6, 6.07) is -0.347. The SMILES string of the molecule is COC(=O)C1CCCN1C(O)=C1C=CC=C1. The van der Waals surface area contributed by atoms with Crippen molar-refractivity contribution in [3.05, 3.63) is 35.8 Å². The molecule has 0 amide bonds. The first-order valence-corrected chi connectivity index (χ1v) is 5.36. The number of hydrogen-bond acceptors (Lipinski definition) is 4. The molecule has 86 valence electrons. The number of allylic oxidation sites excluding steroid dienone is 5. The van der Waals surface area contributed by atoms with Crippen LogP contribution in [0, 0.1) is 0 Å². The Labute approximate surface area is 94.5 Å². The van der Waals surface area contributed by atoms with Crippen LogP contribution in [0.4, 0.5) is 0 Å². The van der Waals surface area contributed by atoms with Crippen LogP contribution in [0.25, 0.3) is 0 Å². The molecule has 1 heterocycles. The van der Waals surface area contributed by atoms with Gasteiger partial charge in [0.1, 0.15) is 6.04 Å². The number of ether oxygens (including phenoxy) is 1. The third kappa shape index (κ3) is 1.83. The van der Waals surface area contributed by atoms with Crippen molar-refractivity contribution in [3.63, 3.8) is 0 Å². The summed E-state index contributed by atoms with van der Waals surface area (Å²) in [5.41, 5.74) is 0.746. The Bertz CT molecular complexity index is 368. The molecule has 0 bridgehead atoms. The first-order chi connectivity index (χ1) is 7.74. The van der Waals surface area contributed by atoms with Gasteiger partial charge in [-0.05, 0) is 25.0 Å². The van der Waals surface area contributed by atoms with Gasteiger partial charge >= 0.3 is 5.97 Å². The molecule has 16 heavy (non-hydrogen) atoms. The average molecular weight is 221 g/mol. The van der Waals surface area contributed by atoms with Gasteiger partial charge in [-0.3, -0.25) is 0 Å². The molecule has 1 unspecified atom stereocenters. The van der Waals surface area contributed by atoms with Crippen molar-refractivity contribution >= 4 is 5.97 Å². The second-order valence-electron chi connectivity index (χ2n) is 3.87. The number of carbonyl (C=O) groups excluding carboxylic acids is 1. The number of hydrogen-bond donors (Lipinski definition) is 1. The van der Waals surface area contributed by atoms with Gasteiger partial charge in [-0.2, -0.15) is 0 Å². The minimum absolute atomic E-state index is 0.165. The molecule has 1 atom stereocenters. The second kappa shape index (κ2) is 4.43. The number of aliphatic hydroxyl groups excluding tert-OH is 1. The van der Waals surface area contributed by atoms with Crippen molar-refractivity contribution in [2.75, 3.05) is 13.7 Å². The van der Waals surface area contributed by atoms with Crippen LogP contribution < -0.4 is 0 Å². The van der Waals surface area contributed by atoms with Crippen LogP contribution in [0.5, 0.6) is 0 Å². The maximum Gasteiger partial charge on any atom is 0.328 e. The minimum Gasteiger partial charge on any atom is -0.494 e. The molecule has 0 spiro atoms. The quantitative estimate of drug-likeness (QED) is 0.567. The van der Waals surface area contributed by atoms with E-state index in [0.717, 1.165) is 18.4 Å².